The minimum Gasteiger partial charge on any atom is -0.464 e. The van der Waals surface area contributed by atoms with Crippen LogP contribution in [0.2, 0.25) is 0 Å². The van der Waals surface area contributed by atoms with Crippen molar-refractivity contribution in [1.29, 1.82) is 0 Å². The van der Waals surface area contributed by atoms with Crippen LogP contribution in [-0.2, 0) is 38.1 Å². The monoisotopic (exact) mass is 2120 g/mol. The Morgan fingerprint density at radius 2 is 0.315 bits per heavy atom. The van der Waals surface area contributed by atoms with Gasteiger partial charge in [-0.15, -0.1) is 0 Å². The smallest absolute Gasteiger partial charge is 0.308 e. The first-order chi connectivity index (χ1) is 64.0. The van der Waals surface area contributed by atoms with Gasteiger partial charge in [-0.2, -0.15) is 0 Å². The van der Waals surface area contributed by atoms with Crippen LogP contribution in [0.1, 0.15) is 428 Å². The van der Waals surface area contributed by atoms with Crippen LogP contribution in [0.5, 0.6) is 0 Å². The highest BCUT2D eigenvalue weighted by Crippen LogP contribution is 2.34. The summed E-state index contributed by atoms with van der Waals surface area (Å²) in [5.74, 6) is 18.3. The first-order valence-electron chi connectivity index (χ1n) is 53.8. The lowest BCUT2D eigenvalue weighted by molar-refractivity contribution is -0.151. The highest BCUT2D eigenvalue weighted by molar-refractivity contribution is 8.78. The summed E-state index contributed by atoms with van der Waals surface area (Å²) in [6, 6.07) is 0. The van der Waals surface area contributed by atoms with Crippen LogP contribution < -0.4 is 0 Å². The molecular formula is C103H203N3O8S16. The molecule has 0 rings (SSSR count). The maximum atomic E-state index is 14.4. The topological polar surface area (TPSA) is 115 Å². The van der Waals surface area contributed by atoms with Gasteiger partial charge in [0.15, 0.2) is 0 Å². The number of carbonyl (C=O) groups excluding carboxylic acids is 4. The summed E-state index contributed by atoms with van der Waals surface area (Å²) in [6.07, 6.45) is 68.1. The number of hydrogen-bond acceptors (Lipinski definition) is 27. The zero-order chi connectivity index (χ0) is 94.3. The first-order valence-corrected chi connectivity index (χ1v) is 73.7. The Morgan fingerprint density at radius 3 is 0.454 bits per heavy atom. The number of ether oxygens (including phenoxy) is 4. The van der Waals surface area contributed by atoms with Crippen LogP contribution in [0, 0.1) is 23.7 Å². The van der Waals surface area contributed by atoms with Gasteiger partial charge in [-0.25, -0.2) is 0 Å². The Morgan fingerprint density at radius 1 is 0.177 bits per heavy atom. The minimum atomic E-state index is -0.0868. The molecule has 0 aromatic heterocycles. The molecule has 0 unspecified atom stereocenters. The highest BCUT2D eigenvalue weighted by Gasteiger charge is 2.26. The van der Waals surface area contributed by atoms with E-state index in [9.17, 15) is 19.2 Å². The quantitative estimate of drug-likeness (QED) is 0.0249. The van der Waals surface area contributed by atoms with Crippen molar-refractivity contribution in [3.63, 3.8) is 0 Å². The second-order valence-corrected chi connectivity index (χ2v) is 57.4. The third-order valence-electron chi connectivity index (χ3n) is 23.5. The van der Waals surface area contributed by atoms with Gasteiger partial charge in [0, 0.05) is 118 Å². The van der Waals surface area contributed by atoms with Gasteiger partial charge in [-0.3, -0.25) is 29.0 Å². The summed E-state index contributed by atoms with van der Waals surface area (Å²) in [4.78, 5) is 64.7. The summed E-state index contributed by atoms with van der Waals surface area (Å²) in [5.41, 5.74) is 0. The Balaban J connectivity index is 6.91. The lowest BCUT2D eigenvalue weighted by Gasteiger charge is -2.26. The lowest BCUT2D eigenvalue weighted by Crippen LogP contribution is -2.36. The summed E-state index contributed by atoms with van der Waals surface area (Å²) in [6.45, 7) is 25.3. The van der Waals surface area contributed by atoms with Gasteiger partial charge in [0.2, 0.25) is 0 Å². The van der Waals surface area contributed by atoms with Gasteiger partial charge < -0.3 is 23.8 Å². The Hall–Kier alpha value is 3.36. The van der Waals surface area contributed by atoms with E-state index >= 15 is 0 Å². The zero-order valence-corrected chi connectivity index (χ0v) is 98.3. The van der Waals surface area contributed by atoms with Crippen LogP contribution in [0.25, 0.3) is 0 Å². The molecule has 0 radical (unpaired) electrons. The zero-order valence-electron chi connectivity index (χ0n) is 85.3. The molecule has 0 spiro atoms. The summed E-state index contributed by atoms with van der Waals surface area (Å²) < 4.78 is 25.5. The largest absolute Gasteiger partial charge is 0.464 e. The molecule has 0 saturated heterocycles. The fraction of sp³-hybridized carbons (Fsp3) is 0.961. The van der Waals surface area contributed by atoms with Gasteiger partial charge in [0.05, 0.1) is 23.7 Å². The molecule has 0 aromatic rings. The molecule has 0 bridgehead atoms. The standard InChI is InChI=1S/C103H203N3O8S16/c1-10-18-26-42-80-115-123-88-50-34-60-96(61-35-51-89-124-116-81-43-27-19-11-2)100(107)111-76-72-105(73-77-112-101(108)97(62-36-52-90-125-117-82-44-28-20-12-3)63-37-53-91-126-118-83-45-29-21-13-4)70-58-68-104(9)69-59-71-106(74-78-113-102(109)98(64-38-54-92-127-119-84-46-30-22-14-5)65-39-55-93-128-120-85-47-31-23-15-6)75-79-114-103(110)99(66-40-56-94-129-121-86-48-32-24-16-7)67-41-57-95-130-122-87-49-33-25-17-8/h96-99H,10-95H2,1-9H3. The molecular weight excluding hydrogens is 1920 g/mol. The minimum absolute atomic E-state index is 0.0373. The van der Waals surface area contributed by atoms with Crippen molar-refractivity contribution >= 4 is 197 Å². The number of carbonyl (C=O) groups is 4. The molecule has 11 nitrogen and oxygen atoms in total. The molecule has 0 atom stereocenters. The molecule has 0 aliphatic heterocycles. The molecule has 130 heavy (non-hydrogen) atoms. The van der Waals surface area contributed by atoms with E-state index in [2.05, 4.69) is 77.1 Å². The molecule has 0 aliphatic carbocycles. The fourth-order valence-electron chi connectivity index (χ4n) is 15.1. The van der Waals surface area contributed by atoms with Crippen LogP contribution in [-0.4, -0.2) is 216 Å². The van der Waals surface area contributed by atoms with Gasteiger partial charge in [0.1, 0.15) is 26.4 Å². The molecule has 774 valence electrons. The predicted molar refractivity (Wildman–Crippen MR) is 621 cm³/mol. The van der Waals surface area contributed by atoms with E-state index in [0.717, 1.165) is 239 Å². The second-order valence-electron chi connectivity index (χ2n) is 35.8. The third kappa shape index (κ3) is 97.4. The van der Waals surface area contributed by atoms with Crippen LogP contribution in [0.4, 0.5) is 0 Å². The van der Waals surface area contributed by atoms with E-state index in [0.29, 0.717) is 52.6 Å². The highest BCUT2D eigenvalue weighted by atomic mass is 33.1. The van der Waals surface area contributed by atoms with Crippen molar-refractivity contribution in [3.05, 3.63) is 0 Å². The van der Waals surface area contributed by atoms with Gasteiger partial charge in [-0.05, 0) is 200 Å². The van der Waals surface area contributed by atoms with Crippen molar-refractivity contribution in [2.75, 3.05) is 178 Å². The maximum absolute atomic E-state index is 14.4. The van der Waals surface area contributed by atoms with E-state index in [-0.39, 0.29) is 47.5 Å². The van der Waals surface area contributed by atoms with Crippen molar-refractivity contribution in [1.82, 2.24) is 14.7 Å². The van der Waals surface area contributed by atoms with Crippen molar-refractivity contribution in [2.24, 2.45) is 23.7 Å². The van der Waals surface area contributed by atoms with E-state index in [1.807, 2.05) is 173 Å². The molecule has 0 heterocycles. The normalized spacial score (nSPS) is 11.9. The number of rotatable bonds is 112. The van der Waals surface area contributed by atoms with E-state index in [1.165, 1.54) is 251 Å². The first kappa shape index (κ1) is 133. The average molecular weight is 2120 g/mol. The Bertz CT molecular complexity index is 1920. The molecule has 0 saturated carbocycles. The van der Waals surface area contributed by atoms with E-state index in [1.54, 1.807) is 0 Å². The van der Waals surface area contributed by atoms with Gasteiger partial charge >= 0.3 is 23.9 Å². The maximum Gasteiger partial charge on any atom is 0.308 e. The number of esters is 4. The Kier molecular flexibility index (Phi) is 116. The third-order valence-corrected chi connectivity index (χ3v) is 44.1. The van der Waals surface area contributed by atoms with E-state index < -0.39 is 0 Å². The average Bonchev–Trinajstić information content (AvgIpc) is 0.935. The lowest BCUT2D eigenvalue weighted by atomic mass is 9.96. The summed E-state index contributed by atoms with van der Waals surface area (Å²) in [5, 5.41) is 0. The molecule has 0 aromatic carbocycles. The van der Waals surface area contributed by atoms with E-state index in [4.69, 9.17) is 18.9 Å². The van der Waals surface area contributed by atoms with Crippen LogP contribution in [0.15, 0.2) is 0 Å². The number of nitrogens with zero attached hydrogens (tertiary/aromatic N) is 3. The molecule has 0 N–H and O–H groups in total. The number of unbranched alkanes of at least 4 members (excludes halogenated alkanes) is 32. The van der Waals surface area contributed by atoms with Crippen molar-refractivity contribution in [2.45, 2.75) is 428 Å². The van der Waals surface area contributed by atoms with Crippen molar-refractivity contribution in [3.8, 4) is 0 Å². The second kappa shape index (κ2) is 113. The van der Waals surface area contributed by atoms with Gasteiger partial charge in [-0.1, -0.05) is 434 Å². The van der Waals surface area contributed by atoms with Crippen LogP contribution in [0.3, 0.4) is 0 Å². The molecule has 0 fully saturated rings. The fourth-order valence-corrected chi connectivity index (χ4v) is 33.4. The predicted octanol–water partition coefficient (Wildman–Crippen LogP) is 36.0. The summed E-state index contributed by atoms with van der Waals surface area (Å²) in [7, 11) is 34.5. The molecule has 27 heteroatoms. The number of hydrogen-bond donors (Lipinski definition) is 0. The molecule has 0 amide bonds. The van der Waals surface area contributed by atoms with Gasteiger partial charge in [0.25, 0.3) is 0 Å². The Labute approximate surface area is 870 Å². The van der Waals surface area contributed by atoms with Crippen LogP contribution >= 0.6 is 173 Å². The molecule has 0 aliphatic rings. The SMILES string of the molecule is CCCCCCSSCCCCC(CCCCSSCCCCCC)C(=O)OCCN(CCCN(C)CCCN(CCOC(=O)C(CCCCSSCCCCCC)CCCCSSCCCCCC)CCOC(=O)C(CCCCSSCCCCCC)CCCCSSCCCCCC)CCOC(=O)C(CCCCSSCCCCCC)CCCCSSCCCCCC. The summed E-state index contributed by atoms with van der Waals surface area (Å²) >= 11 is 0. The van der Waals surface area contributed by atoms with Crippen molar-refractivity contribution < 1.29 is 38.1 Å².